The monoisotopic (exact) mass is 662 g/mol. The Hall–Kier alpha value is -5.47. The van der Waals surface area contributed by atoms with Crippen LogP contribution in [0.5, 0.6) is 0 Å². The Bertz CT molecular complexity index is 1840. The number of thiazole rings is 1. The van der Waals surface area contributed by atoms with Gasteiger partial charge in [0.15, 0.2) is 36.0 Å². The first kappa shape index (κ1) is 31.9. The Morgan fingerprint density at radius 3 is 2.78 bits per heavy atom. The van der Waals surface area contributed by atoms with E-state index in [0.717, 1.165) is 22.5 Å². The molecule has 46 heavy (non-hydrogen) atoms. The highest BCUT2D eigenvalue weighted by Crippen LogP contribution is 2.40. The van der Waals surface area contributed by atoms with Crippen LogP contribution in [0.4, 0.5) is 5.13 Å². The third-order valence-electron chi connectivity index (χ3n) is 7.13. The van der Waals surface area contributed by atoms with Crippen molar-refractivity contribution in [2.24, 2.45) is 5.16 Å². The van der Waals surface area contributed by atoms with Gasteiger partial charge < -0.3 is 26.0 Å². The Morgan fingerprint density at radius 2 is 2.13 bits per heavy atom. The molecule has 3 amide bonds. The number of nitrogens with zero attached hydrogens (tertiary/aromatic N) is 5. The molecule has 1 saturated heterocycles. The van der Waals surface area contributed by atoms with Gasteiger partial charge in [-0.3, -0.25) is 24.6 Å². The number of aliphatic carboxylic acids is 1. The summed E-state index contributed by atoms with van der Waals surface area (Å²) in [4.78, 5) is 63.7. The lowest BCUT2D eigenvalue weighted by molar-refractivity contribution is -0.686. The quantitative estimate of drug-likeness (QED) is 0.0494. The van der Waals surface area contributed by atoms with Crippen LogP contribution in [0.1, 0.15) is 28.7 Å². The van der Waals surface area contributed by atoms with Crippen LogP contribution in [0.3, 0.4) is 0 Å². The number of carbonyl (C=O) groups excluding carboxylic acids is 3. The Labute approximate surface area is 270 Å². The van der Waals surface area contributed by atoms with Crippen LogP contribution in [0.25, 0.3) is 11.1 Å². The number of fused-ring (bicyclic) bond motifs is 1. The number of oxime groups is 1. The van der Waals surface area contributed by atoms with E-state index in [9.17, 15) is 24.3 Å². The van der Waals surface area contributed by atoms with Crippen LogP contribution in [0.2, 0.25) is 0 Å². The summed E-state index contributed by atoms with van der Waals surface area (Å²) < 4.78 is 1.88. The van der Waals surface area contributed by atoms with Gasteiger partial charge in [-0.2, -0.15) is 5.26 Å². The molecule has 0 radical (unpaired) electrons. The highest BCUT2D eigenvalue weighted by atomic mass is 32.2. The first-order valence-corrected chi connectivity index (χ1v) is 15.7. The number of H-pyrrole nitrogens is 1. The molecule has 5 rings (SSSR count). The summed E-state index contributed by atoms with van der Waals surface area (Å²) in [5.41, 5.74) is 8.78. The van der Waals surface area contributed by atoms with E-state index in [-0.39, 0.29) is 28.8 Å². The lowest BCUT2D eigenvalue weighted by atomic mass is 10.0. The van der Waals surface area contributed by atoms with E-state index in [0.29, 0.717) is 29.1 Å². The van der Waals surface area contributed by atoms with Crippen LogP contribution >= 0.6 is 23.1 Å². The van der Waals surface area contributed by atoms with E-state index < -0.39 is 35.1 Å². The molecule has 0 bridgehead atoms. The van der Waals surface area contributed by atoms with Gasteiger partial charge in [0.2, 0.25) is 0 Å². The number of nitriles is 1. The minimum Gasteiger partial charge on any atom is -0.477 e. The number of aromatic nitrogens is 3. The van der Waals surface area contributed by atoms with Crippen LogP contribution in [-0.2, 0) is 25.8 Å². The number of amides is 3. The summed E-state index contributed by atoms with van der Waals surface area (Å²) in [7, 11) is 0. The predicted molar refractivity (Wildman–Crippen MR) is 168 cm³/mol. The number of β-lactam (4-membered cyclic amide) rings is 1. The summed E-state index contributed by atoms with van der Waals surface area (Å²) in [5, 5.41) is 28.5. The van der Waals surface area contributed by atoms with Gasteiger partial charge in [0, 0.05) is 35.0 Å². The zero-order chi connectivity index (χ0) is 33.0. The Morgan fingerprint density at radius 1 is 1.37 bits per heavy atom. The van der Waals surface area contributed by atoms with Crippen LogP contribution in [0, 0.1) is 18.4 Å². The molecule has 0 unspecified atom stereocenters. The number of hydrogen-bond donors (Lipinski definition) is 5. The second-order valence-electron chi connectivity index (χ2n) is 9.92. The second-order valence-corrected chi connectivity index (χ2v) is 11.9. The molecule has 236 valence electrons. The SMILES string of the molecule is CCO/N=C(\C(=O)N[C@@H]1C(=O)N2C(C(=O)O)=C(/C=C/C[n+]3ccc(-c4c[nH]c(C(=O)NC#N)c4C)cc3)CS[C@H]12)c1csc(N)n1. The van der Waals surface area contributed by atoms with Crippen molar-refractivity contribution in [2.45, 2.75) is 31.8 Å². The normalized spacial score (nSPS) is 17.7. The zero-order valence-electron chi connectivity index (χ0n) is 24.5. The molecule has 0 aromatic carbocycles. The van der Waals surface area contributed by atoms with Gasteiger partial charge in [-0.05, 0) is 36.6 Å². The van der Waals surface area contributed by atoms with Crippen molar-refractivity contribution in [3.05, 3.63) is 76.5 Å². The minimum atomic E-state index is -1.25. The van der Waals surface area contributed by atoms with Crippen molar-refractivity contribution >= 4 is 57.6 Å². The maximum Gasteiger partial charge on any atom is 0.352 e. The lowest BCUT2D eigenvalue weighted by Gasteiger charge is -2.49. The van der Waals surface area contributed by atoms with Crippen LogP contribution in [-0.4, -0.2) is 73.2 Å². The average molecular weight is 663 g/mol. The second kappa shape index (κ2) is 13.7. The van der Waals surface area contributed by atoms with Gasteiger partial charge in [-0.25, -0.2) is 14.3 Å². The summed E-state index contributed by atoms with van der Waals surface area (Å²) in [5.74, 6) is -2.70. The van der Waals surface area contributed by atoms with Crippen molar-refractivity contribution < 1.29 is 33.7 Å². The Kier molecular flexibility index (Phi) is 9.49. The highest BCUT2D eigenvalue weighted by Gasteiger charge is 2.54. The molecule has 2 aliphatic heterocycles. The van der Waals surface area contributed by atoms with Crippen molar-refractivity contribution in [3.63, 3.8) is 0 Å². The van der Waals surface area contributed by atoms with E-state index in [1.165, 1.54) is 16.7 Å². The van der Waals surface area contributed by atoms with Crippen molar-refractivity contribution in [1.82, 2.24) is 25.5 Å². The number of aromatic amines is 1. The van der Waals surface area contributed by atoms with E-state index >= 15 is 0 Å². The molecule has 0 spiro atoms. The predicted octanol–water partition coefficient (Wildman–Crippen LogP) is 1.26. The standard InChI is InChI=1S/C29H27N9O6S2/c1-3-44-36-21(19-13-46-29(31)34-19)25(40)35-22-26(41)38-23(28(42)43)17(12-45-27(22)38)5-4-8-37-9-6-16(7-10-37)18-11-32-20(15(18)2)24(39)33-14-30/h4-7,9-11,13,22,27H,3,8,12H2,1-2H3,(H5,31,33,34,35,39,40,42,43)/p+1/b5-4+,36-21-/t22-,27-/m1/s1. The number of rotatable bonds is 11. The molecule has 17 heteroatoms. The number of nitrogens with two attached hydrogens (primary N) is 1. The number of carboxylic acid groups (broad SMARTS) is 1. The number of hydrogen-bond acceptors (Lipinski definition) is 11. The number of anilines is 1. The maximum absolute atomic E-state index is 13.1. The highest BCUT2D eigenvalue weighted by molar-refractivity contribution is 8.00. The van der Waals surface area contributed by atoms with Crippen molar-refractivity contribution in [3.8, 4) is 17.3 Å². The van der Waals surface area contributed by atoms with E-state index in [1.807, 2.05) is 29.1 Å². The smallest absolute Gasteiger partial charge is 0.352 e. The van der Waals surface area contributed by atoms with Crippen LogP contribution < -0.4 is 20.9 Å². The number of pyridine rings is 1. The van der Waals surface area contributed by atoms with E-state index in [1.54, 1.807) is 43.8 Å². The van der Waals surface area contributed by atoms with Gasteiger partial charge in [0.1, 0.15) is 35.1 Å². The molecule has 3 aromatic heterocycles. The lowest BCUT2D eigenvalue weighted by Crippen LogP contribution is -2.71. The molecule has 6 N–H and O–H groups in total. The fraction of sp³-hybridized carbons (Fsp3) is 0.241. The molecular weight excluding hydrogens is 635 g/mol. The largest absolute Gasteiger partial charge is 0.477 e. The molecular formula is C29H28N9O6S2+. The van der Waals surface area contributed by atoms with Gasteiger partial charge in [0.25, 0.3) is 17.7 Å². The fourth-order valence-corrected chi connectivity index (χ4v) is 6.80. The minimum absolute atomic E-state index is 0.134. The van der Waals surface area contributed by atoms with E-state index in [4.69, 9.17) is 15.8 Å². The molecule has 1 fully saturated rings. The van der Waals surface area contributed by atoms with E-state index in [2.05, 4.69) is 25.8 Å². The number of allylic oxidation sites excluding steroid dienone is 2. The molecule has 2 atom stereocenters. The topological polar surface area (TPSA) is 220 Å². The molecule has 0 saturated carbocycles. The number of nitrogens with one attached hydrogen (secondary N) is 3. The number of thioether (sulfide) groups is 1. The van der Waals surface area contributed by atoms with Crippen LogP contribution in [0.15, 0.2) is 64.7 Å². The van der Waals surface area contributed by atoms with Gasteiger partial charge in [-0.15, -0.1) is 23.1 Å². The average Bonchev–Trinajstić information content (AvgIpc) is 3.65. The first-order valence-electron chi connectivity index (χ1n) is 13.8. The maximum atomic E-state index is 13.1. The van der Waals surface area contributed by atoms with Gasteiger partial charge in [-0.1, -0.05) is 11.2 Å². The molecule has 5 heterocycles. The first-order chi connectivity index (χ1) is 22.1. The number of carboxylic acids is 1. The van der Waals surface area contributed by atoms with Crippen molar-refractivity contribution in [2.75, 3.05) is 18.1 Å². The summed E-state index contributed by atoms with van der Waals surface area (Å²) in [6.07, 6.45) is 10.5. The third kappa shape index (κ3) is 6.34. The molecule has 3 aromatic rings. The number of nitrogen functional groups attached to an aromatic ring is 1. The Balaban J connectivity index is 1.25. The summed E-state index contributed by atoms with van der Waals surface area (Å²) in [6, 6.07) is 2.79. The molecule has 2 aliphatic rings. The number of carbonyl (C=O) groups is 4. The molecule has 15 nitrogen and oxygen atoms in total. The van der Waals surface area contributed by atoms with Gasteiger partial charge >= 0.3 is 5.97 Å². The third-order valence-corrected chi connectivity index (χ3v) is 9.10. The summed E-state index contributed by atoms with van der Waals surface area (Å²) in [6.45, 7) is 4.11. The van der Waals surface area contributed by atoms with Gasteiger partial charge in [0.05, 0.1) is 0 Å². The van der Waals surface area contributed by atoms with Crippen molar-refractivity contribution in [1.29, 1.82) is 5.26 Å². The summed E-state index contributed by atoms with van der Waals surface area (Å²) >= 11 is 2.46. The fourth-order valence-electron chi connectivity index (χ4n) is 4.93. The molecule has 0 aliphatic carbocycles. The zero-order valence-corrected chi connectivity index (χ0v) is 26.1.